The molecule has 4 aromatic carbocycles. The third-order valence-corrected chi connectivity index (χ3v) is 11.8. The number of phenols is 1. The summed E-state index contributed by atoms with van der Waals surface area (Å²) in [6.45, 7) is 17.2. The molecule has 238 valence electrons. The zero-order valence-electron chi connectivity index (χ0n) is 27.6. The lowest BCUT2D eigenvalue weighted by Crippen LogP contribution is -2.40. The van der Waals surface area contributed by atoms with Crippen molar-refractivity contribution in [2.45, 2.75) is 66.0 Å². The fourth-order valence-corrected chi connectivity index (χ4v) is 7.86. The average Bonchev–Trinajstić information content (AvgIpc) is 3.06. The highest BCUT2D eigenvalue weighted by Gasteiger charge is 2.22. The van der Waals surface area contributed by atoms with Crippen LogP contribution in [0.25, 0.3) is 33.4 Å². The maximum Gasteiger partial charge on any atom is 0.333 e. The first kappa shape index (κ1) is 34.2. The van der Waals surface area contributed by atoms with Gasteiger partial charge in [-0.05, 0) is 59.4 Å². The van der Waals surface area contributed by atoms with Crippen LogP contribution in [0.2, 0.25) is 19.1 Å². The molecule has 0 atom stereocenters. The monoisotopic (exact) mass is 632 g/mol. The van der Waals surface area contributed by atoms with Gasteiger partial charge in [0.25, 0.3) is 0 Å². The van der Waals surface area contributed by atoms with Crippen LogP contribution in [-0.2, 0) is 32.3 Å². The van der Waals surface area contributed by atoms with E-state index < -0.39 is 20.0 Å². The Balaban J connectivity index is 1.55. The number of rotatable bonds is 13. The van der Waals surface area contributed by atoms with Crippen molar-refractivity contribution in [2.24, 2.45) is 0 Å². The quantitative estimate of drug-likeness (QED) is 0.0903. The van der Waals surface area contributed by atoms with Crippen LogP contribution in [0.5, 0.6) is 5.75 Å². The SMILES string of the molecule is C=C(C)C(=O)OCc1cc(-c2ccc(-c3ccc(-c4ccc([Si](C)(C)CCCC)cc4)cc3)cc2)cc(COC(=O)C(=C)C)c1O. The second-order valence-electron chi connectivity index (χ2n) is 12.6. The Labute approximate surface area is 274 Å². The number of carbonyl (C=O) groups excluding carboxylic acids is 2. The Kier molecular flexibility index (Phi) is 11.2. The minimum atomic E-state index is -1.40. The van der Waals surface area contributed by atoms with Gasteiger partial charge in [0, 0.05) is 22.3 Å². The van der Waals surface area contributed by atoms with Crippen LogP contribution in [0, 0.1) is 0 Å². The smallest absolute Gasteiger partial charge is 0.333 e. The molecule has 0 bridgehead atoms. The Bertz CT molecular complexity index is 1660. The molecule has 0 aliphatic carbocycles. The van der Waals surface area contributed by atoms with Crippen molar-refractivity contribution in [3.63, 3.8) is 0 Å². The highest BCUT2D eigenvalue weighted by molar-refractivity contribution is 6.89. The lowest BCUT2D eigenvalue weighted by Gasteiger charge is -2.23. The van der Waals surface area contributed by atoms with E-state index in [1.54, 1.807) is 26.0 Å². The van der Waals surface area contributed by atoms with E-state index >= 15 is 0 Å². The van der Waals surface area contributed by atoms with Crippen molar-refractivity contribution in [2.75, 3.05) is 0 Å². The summed E-state index contributed by atoms with van der Waals surface area (Å²) in [5.41, 5.74) is 7.56. The average molecular weight is 633 g/mol. The third kappa shape index (κ3) is 8.52. The number of benzene rings is 4. The number of hydrogen-bond acceptors (Lipinski definition) is 5. The fraction of sp³-hybridized carbons (Fsp3) is 0.250. The van der Waals surface area contributed by atoms with Crippen LogP contribution in [0.1, 0.15) is 44.7 Å². The van der Waals surface area contributed by atoms with Gasteiger partial charge in [0.05, 0.1) is 8.07 Å². The van der Waals surface area contributed by atoms with Crippen LogP contribution < -0.4 is 5.19 Å². The zero-order valence-corrected chi connectivity index (χ0v) is 28.6. The number of carbonyl (C=O) groups is 2. The summed E-state index contributed by atoms with van der Waals surface area (Å²) in [5.74, 6) is -1.21. The number of unbranched alkanes of at least 4 members (excludes halogenated alkanes) is 1. The maximum absolute atomic E-state index is 12.0. The minimum absolute atomic E-state index is 0.0959. The first-order valence-corrected chi connectivity index (χ1v) is 18.9. The van der Waals surface area contributed by atoms with Crippen LogP contribution in [0.15, 0.2) is 109 Å². The van der Waals surface area contributed by atoms with Crippen molar-refractivity contribution in [1.29, 1.82) is 0 Å². The Morgan fingerprint density at radius 1 is 0.652 bits per heavy atom. The van der Waals surface area contributed by atoms with Crippen molar-refractivity contribution < 1.29 is 24.2 Å². The van der Waals surface area contributed by atoms with E-state index in [0.29, 0.717) is 11.1 Å². The van der Waals surface area contributed by atoms with E-state index in [1.807, 2.05) is 12.1 Å². The van der Waals surface area contributed by atoms with Crippen LogP contribution >= 0.6 is 0 Å². The lowest BCUT2D eigenvalue weighted by molar-refractivity contribution is -0.140. The minimum Gasteiger partial charge on any atom is -0.507 e. The van der Waals surface area contributed by atoms with Crippen molar-refractivity contribution in [3.05, 3.63) is 120 Å². The second kappa shape index (κ2) is 15.1. The summed E-state index contributed by atoms with van der Waals surface area (Å²) in [6, 6.07) is 30.7. The summed E-state index contributed by atoms with van der Waals surface area (Å²) in [6.07, 6.45) is 2.53. The van der Waals surface area contributed by atoms with Crippen LogP contribution in [-0.4, -0.2) is 25.1 Å². The second-order valence-corrected chi connectivity index (χ2v) is 17.4. The number of phenolic OH excluding ortho intramolecular Hbond substituents is 1. The molecule has 0 aromatic heterocycles. The maximum atomic E-state index is 12.0. The van der Waals surface area contributed by atoms with Crippen LogP contribution in [0.3, 0.4) is 0 Å². The van der Waals surface area contributed by atoms with Gasteiger partial charge in [-0.2, -0.15) is 0 Å². The van der Waals surface area contributed by atoms with E-state index in [9.17, 15) is 14.7 Å². The highest BCUT2D eigenvalue weighted by Crippen LogP contribution is 2.33. The molecule has 0 aliphatic heterocycles. The van der Waals surface area contributed by atoms with Gasteiger partial charge < -0.3 is 14.6 Å². The van der Waals surface area contributed by atoms with Crippen molar-refractivity contribution in [1.82, 2.24) is 0 Å². The van der Waals surface area contributed by atoms with Gasteiger partial charge in [-0.25, -0.2) is 9.59 Å². The largest absolute Gasteiger partial charge is 0.507 e. The number of esters is 2. The highest BCUT2D eigenvalue weighted by atomic mass is 28.3. The summed E-state index contributed by atoms with van der Waals surface area (Å²) in [4.78, 5) is 24.1. The Morgan fingerprint density at radius 3 is 1.35 bits per heavy atom. The number of aromatic hydroxyl groups is 1. The predicted octanol–water partition coefficient (Wildman–Crippen LogP) is 9.35. The molecule has 0 unspecified atom stereocenters. The summed E-state index contributed by atoms with van der Waals surface area (Å²) < 4.78 is 10.6. The van der Waals surface area contributed by atoms with E-state index in [1.165, 1.54) is 35.2 Å². The Hall–Kier alpha value is -4.68. The molecule has 0 spiro atoms. The normalized spacial score (nSPS) is 11.2. The van der Waals surface area contributed by atoms with Gasteiger partial charge in [0.1, 0.15) is 19.0 Å². The molecule has 46 heavy (non-hydrogen) atoms. The molecule has 4 rings (SSSR count). The van der Waals surface area contributed by atoms with Gasteiger partial charge in [-0.15, -0.1) is 0 Å². The van der Waals surface area contributed by atoms with Gasteiger partial charge in [0.2, 0.25) is 0 Å². The predicted molar refractivity (Wildman–Crippen MR) is 190 cm³/mol. The van der Waals surface area contributed by atoms with Crippen LogP contribution in [0.4, 0.5) is 0 Å². The summed E-state index contributed by atoms with van der Waals surface area (Å²) in [7, 11) is -1.40. The molecule has 0 aliphatic rings. The molecule has 0 heterocycles. The van der Waals surface area contributed by atoms with Gasteiger partial charge >= 0.3 is 11.9 Å². The number of hydrogen-bond donors (Lipinski definition) is 1. The lowest BCUT2D eigenvalue weighted by atomic mass is 9.96. The van der Waals surface area contributed by atoms with Crippen molar-refractivity contribution in [3.8, 4) is 39.1 Å². The molecule has 1 N–H and O–H groups in total. The van der Waals surface area contributed by atoms with E-state index in [4.69, 9.17) is 9.47 Å². The molecule has 0 amide bonds. The van der Waals surface area contributed by atoms with E-state index in [0.717, 1.165) is 22.3 Å². The zero-order chi connectivity index (χ0) is 33.4. The molecule has 6 heteroatoms. The van der Waals surface area contributed by atoms with Crippen molar-refractivity contribution >= 4 is 25.2 Å². The summed E-state index contributed by atoms with van der Waals surface area (Å²) in [5, 5.41) is 12.4. The van der Waals surface area contributed by atoms with E-state index in [-0.39, 0.29) is 30.1 Å². The third-order valence-electron chi connectivity index (χ3n) is 8.27. The Morgan fingerprint density at radius 2 is 1.00 bits per heavy atom. The van der Waals surface area contributed by atoms with E-state index in [2.05, 4.69) is 93.8 Å². The summed E-state index contributed by atoms with van der Waals surface area (Å²) >= 11 is 0. The molecule has 0 radical (unpaired) electrons. The van der Waals surface area contributed by atoms with Gasteiger partial charge in [0.15, 0.2) is 0 Å². The molecule has 5 nitrogen and oxygen atoms in total. The topological polar surface area (TPSA) is 72.8 Å². The van der Waals surface area contributed by atoms with Gasteiger partial charge in [-0.1, -0.05) is 130 Å². The molecular weight excluding hydrogens is 589 g/mol. The molecular formula is C40H44O5Si. The molecule has 0 saturated heterocycles. The van der Waals surface area contributed by atoms with Gasteiger partial charge in [-0.3, -0.25) is 0 Å². The molecule has 4 aromatic rings. The standard InChI is InChI=1S/C40H44O5Si/c1-8-9-22-46(6,7)37-20-18-32(19-21-37)31-12-10-29(11-13-31)30-14-16-33(17-15-30)34-23-35(25-44-39(42)27(2)3)38(41)36(24-34)26-45-40(43)28(4)5/h10-21,23-24,41H,2,4,8-9,22,25-26H2,1,3,5-7H3. The molecule has 0 fully saturated rings. The first-order valence-electron chi connectivity index (χ1n) is 15.7. The molecule has 0 saturated carbocycles. The first-order chi connectivity index (χ1) is 21.9. The fourth-order valence-electron chi connectivity index (χ4n) is 5.27. The number of ether oxygens (including phenoxy) is 2.